The van der Waals surface area contributed by atoms with Crippen molar-refractivity contribution in [3.8, 4) is 11.5 Å². The number of H-pyrrole nitrogens is 1. The van der Waals surface area contributed by atoms with Gasteiger partial charge in [0.25, 0.3) is 16.3 Å². The topological polar surface area (TPSA) is 76.7 Å². The Kier molecular flexibility index (Phi) is 2.69. The molecule has 2 aromatic heterocycles. The van der Waals surface area contributed by atoms with Crippen LogP contribution in [0.5, 0.6) is 0 Å². The van der Waals surface area contributed by atoms with Gasteiger partial charge in [-0.05, 0) is 32.1 Å². The summed E-state index contributed by atoms with van der Waals surface area (Å²) in [6.45, 7) is 4.15. The van der Waals surface area contributed by atoms with Crippen LogP contribution in [-0.4, -0.2) is 20.0 Å². The van der Waals surface area contributed by atoms with E-state index in [0.717, 1.165) is 5.69 Å². The average molecular weight is 238 g/mol. The lowest BCUT2D eigenvalue weighted by Crippen LogP contribution is -2.24. The first-order valence-electron chi connectivity index (χ1n) is 4.76. The fourth-order valence-electron chi connectivity index (χ4n) is 1.39. The molecule has 0 spiro atoms. The molecule has 0 aliphatic heterocycles. The number of hydrogen-bond donors (Lipinski definition) is 1. The maximum Gasteiger partial charge on any atom is 0.284 e. The Morgan fingerprint density at radius 2 is 2.38 bits per heavy atom. The van der Waals surface area contributed by atoms with E-state index in [1.165, 1.54) is 4.68 Å². The summed E-state index contributed by atoms with van der Waals surface area (Å²) in [6.07, 6.45) is 0. The number of aromatic nitrogens is 4. The molecule has 2 aromatic rings. The van der Waals surface area contributed by atoms with Crippen LogP contribution in [0.15, 0.2) is 15.3 Å². The Morgan fingerprint density at radius 3 is 2.94 bits per heavy atom. The van der Waals surface area contributed by atoms with E-state index in [1.807, 2.05) is 6.92 Å². The quantitative estimate of drug-likeness (QED) is 0.797. The predicted octanol–water partition coefficient (Wildman–Crippen LogP) is 1.28. The molecule has 0 radical (unpaired) electrons. The van der Waals surface area contributed by atoms with Crippen LogP contribution in [0.25, 0.3) is 11.5 Å². The summed E-state index contributed by atoms with van der Waals surface area (Å²) in [5, 5.41) is 10.4. The second kappa shape index (κ2) is 4.01. The molecule has 2 rings (SSSR count). The minimum absolute atomic E-state index is 0.145. The molecule has 16 heavy (non-hydrogen) atoms. The summed E-state index contributed by atoms with van der Waals surface area (Å²) in [5.74, 6) is 0.197. The van der Waals surface area contributed by atoms with Crippen molar-refractivity contribution < 1.29 is 4.42 Å². The number of aryl methyl sites for hydroxylation is 2. The summed E-state index contributed by atoms with van der Waals surface area (Å²) in [7, 11) is 0. The molecule has 2 heterocycles. The molecule has 1 N–H and O–H groups in total. The van der Waals surface area contributed by atoms with Crippen LogP contribution in [0.4, 0.5) is 0 Å². The molecule has 0 saturated carbocycles. The molecule has 0 aromatic carbocycles. The highest BCUT2D eigenvalue weighted by Crippen LogP contribution is 2.12. The Bertz CT molecular complexity index is 625. The third-order valence-corrected chi connectivity index (χ3v) is 2.24. The highest BCUT2D eigenvalue weighted by atomic mass is 32.1. The van der Waals surface area contributed by atoms with Crippen LogP contribution in [0.3, 0.4) is 0 Å². The van der Waals surface area contributed by atoms with E-state index in [1.54, 1.807) is 13.0 Å². The van der Waals surface area contributed by atoms with Crippen molar-refractivity contribution >= 4 is 12.2 Å². The van der Waals surface area contributed by atoms with E-state index in [9.17, 15) is 4.79 Å². The maximum atomic E-state index is 11.9. The van der Waals surface area contributed by atoms with Crippen molar-refractivity contribution in [2.75, 3.05) is 0 Å². The second-order valence-corrected chi connectivity index (χ2v) is 3.61. The maximum absolute atomic E-state index is 11.9. The van der Waals surface area contributed by atoms with Gasteiger partial charge in [0.05, 0.1) is 5.69 Å². The molecule has 0 saturated heterocycles. The number of aromatic amines is 1. The van der Waals surface area contributed by atoms with E-state index in [-0.39, 0.29) is 16.3 Å². The lowest BCUT2D eigenvalue weighted by Gasteiger charge is -2.03. The number of rotatable bonds is 2. The summed E-state index contributed by atoms with van der Waals surface area (Å²) in [4.78, 5) is 12.1. The van der Waals surface area contributed by atoms with Crippen LogP contribution in [0.2, 0.25) is 0 Å². The molecular formula is C9H10N4O2S. The predicted molar refractivity (Wildman–Crippen MR) is 59.6 cm³/mol. The van der Waals surface area contributed by atoms with E-state index in [0.29, 0.717) is 12.1 Å². The summed E-state index contributed by atoms with van der Waals surface area (Å²) in [5.41, 5.74) is 0.848. The molecule has 0 aliphatic carbocycles. The van der Waals surface area contributed by atoms with Crippen molar-refractivity contribution in [1.29, 1.82) is 0 Å². The van der Waals surface area contributed by atoms with E-state index >= 15 is 0 Å². The minimum Gasteiger partial charge on any atom is -0.409 e. The van der Waals surface area contributed by atoms with Gasteiger partial charge in [0, 0.05) is 6.54 Å². The van der Waals surface area contributed by atoms with Crippen molar-refractivity contribution in [3.05, 3.63) is 27.0 Å². The van der Waals surface area contributed by atoms with Gasteiger partial charge in [-0.15, -0.1) is 5.10 Å². The van der Waals surface area contributed by atoms with Crippen molar-refractivity contribution in [1.82, 2.24) is 20.0 Å². The van der Waals surface area contributed by atoms with Crippen LogP contribution in [0, 0.1) is 11.8 Å². The molecule has 6 nitrogen and oxygen atoms in total. The lowest BCUT2D eigenvalue weighted by atomic mass is 10.2. The fraction of sp³-hybridized carbons (Fsp3) is 0.333. The van der Waals surface area contributed by atoms with Crippen LogP contribution < -0.4 is 5.56 Å². The molecule has 0 atom stereocenters. The number of hydrogen-bond acceptors (Lipinski definition) is 5. The highest BCUT2D eigenvalue weighted by molar-refractivity contribution is 7.71. The third kappa shape index (κ3) is 1.81. The van der Waals surface area contributed by atoms with Gasteiger partial charge in [0.1, 0.15) is 5.56 Å². The van der Waals surface area contributed by atoms with Crippen LogP contribution in [-0.2, 0) is 6.54 Å². The van der Waals surface area contributed by atoms with Gasteiger partial charge in [-0.2, -0.15) is 5.10 Å². The lowest BCUT2D eigenvalue weighted by molar-refractivity contribution is 0.545. The zero-order valence-electron chi connectivity index (χ0n) is 8.85. The van der Waals surface area contributed by atoms with Crippen molar-refractivity contribution in [2.24, 2.45) is 0 Å². The zero-order chi connectivity index (χ0) is 11.7. The molecule has 0 bridgehead atoms. The Morgan fingerprint density at radius 1 is 1.62 bits per heavy atom. The molecule has 7 heteroatoms. The fourth-order valence-corrected chi connectivity index (χ4v) is 1.51. The van der Waals surface area contributed by atoms with Gasteiger partial charge >= 0.3 is 0 Å². The number of nitrogens with one attached hydrogen (secondary N) is 1. The Balaban J connectivity index is 2.70. The van der Waals surface area contributed by atoms with Crippen LogP contribution >= 0.6 is 12.2 Å². The average Bonchev–Trinajstić information content (AvgIpc) is 2.67. The van der Waals surface area contributed by atoms with Gasteiger partial charge in [-0.3, -0.25) is 4.79 Å². The molecular weight excluding hydrogens is 228 g/mol. The first-order chi connectivity index (χ1) is 7.61. The van der Waals surface area contributed by atoms with Gasteiger partial charge in [0.2, 0.25) is 0 Å². The summed E-state index contributed by atoms with van der Waals surface area (Å²) in [6, 6.07) is 1.63. The van der Waals surface area contributed by atoms with Gasteiger partial charge < -0.3 is 4.42 Å². The first-order valence-corrected chi connectivity index (χ1v) is 5.17. The Labute approximate surface area is 95.9 Å². The summed E-state index contributed by atoms with van der Waals surface area (Å²) < 4.78 is 6.47. The smallest absolute Gasteiger partial charge is 0.284 e. The van der Waals surface area contributed by atoms with E-state index in [2.05, 4.69) is 15.3 Å². The largest absolute Gasteiger partial charge is 0.409 e. The van der Waals surface area contributed by atoms with Gasteiger partial charge in [0.15, 0.2) is 0 Å². The monoisotopic (exact) mass is 238 g/mol. The third-order valence-electron chi connectivity index (χ3n) is 2.06. The second-order valence-electron chi connectivity index (χ2n) is 3.24. The number of nitrogens with zero attached hydrogens (tertiary/aromatic N) is 3. The molecule has 84 valence electrons. The Hall–Kier alpha value is -1.76. The van der Waals surface area contributed by atoms with Gasteiger partial charge in [-0.25, -0.2) is 9.78 Å². The molecule has 0 fully saturated rings. The van der Waals surface area contributed by atoms with E-state index in [4.69, 9.17) is 16.6 Å². The molecule has 0 aliphatic rings. The first kappa shape index (κ1) is 10.7. The summed E-state index contributed by atoms with van der Waals surface area (Å²) >= 11 is 4.76. The molecule has 0 amide bonds. The zero-order valence-corrected chi connectivity index (χ0v) is 9.67. The van der Waals surface area contributed by atoms with Crippen molar-refractivity contribution in [3.63, 3.8) is 0 Å². The standard InChI is InChI=1S/C9H10N4O2S/c1-3-13-8(14)6(4-5(2)12-13)7-10-11-9(16)15-7/h4H,3H2,1-2H3,(H,11,16). The SMILES string of the molecule is CCn1nc(C)cc(-c2n[nH]c(=S)o2)c1=O. The normalized spacial score (nSPS) is 10.6. The minimum atomic E-state index is -0.238. The van der Waals surface area contributed by atoms with E-state index < -0.39 is 0 Å². The van der Waals surface area contributed by atoms with Crippen molar-refractivity contribution in [2.45, 2.75) is 20.4 Å². The molecule has 0 unspecified atom stereocenters. The van der Waals surface area contributed by atoms with Gasteiger partial charge in [-0.1, -0.05) is 0 Å². The highest BCUT2D eigenvalue weighted by Gasteiger charge is 2.12. The van der Waals surface area contributed by atoms with Crippen LogP contribution in [0.1, 0.15) is 12.6 Å².